The minimum Gasteiger partial charge on any atom is -0.591 e. The first-order valence-corrected chi connectivity index (χ1v) is 14.2. The van der Waals surface area contributed by atoms with Crippen molar-refractivity contribution in [1.29, 1.82) is 0 Å². The fraction of sp³-hybridized carbons (Fsp3) is 0.923. The Bertz CT molecular complexity index is 418. The molecular formula is C26H53NO2P+. The predicted octanol–water partition coefficient (Wildman–Crippen LogP) is 8.11. The SMILES string of the molecule is CCCCCCCCCCCCCCCCCC/C=C\CCC([P+](=O)[O-])[N+](C)(C)C. The molecule has 4 heteroatoms. The number of hydrogen-bond donors (Lipinski definition) is 0. The van der Waals surface area contributed by atoms with Gasteiger partial charge in [-0.15, -0.1) is 0 Å². The lowest BCUT2D eigenvalue weighted by atomic mass is 10.0. The molecule has 0 spiro atoms. The summed E-state index contributed by atoms with van der Waals surface area (Å²) in [6.45, 7) is 2.29. The number of rotatable bonds is 22. The summed E-state index contributed by atoms with van der Waals surface area (Å²) in [6.07, 6.45) is 29.7. The predicted molar refractivity (Wildman–Crippen MR) is 132 cm³/mol. The average Bonchev–Trinajstić information content (AvgIpc) is 2.68. The molecule has 3 nitrogen and oxygen atoms in total. The molecule has 0 aliphatic heterocycles. The molecule has 0 amide bonds. The van der Waals surface area contributed by atoms with E-state index in [9.17, 15) is 9.46 Å². The highest BCUT2D eigenvalue weighted by Crippen LogP contribution is 2.28. The van der Waals surface area contributed by atoms with Gasteiger partial charge in [0.15, 0.2) is 0 Å². The summed E-state index contributed by atoms with van der Waals surface area (Å²) in [7, 11) is 3.50. The normalized spacial score (nSPS) is 13.8. The van der Waals surface area contributed by atoms with Crippen LogP contribution in [0.4, 0.5) is 0 Å². The molecule has 0 fully saturated rings. The number of nitrogens with zero attached hydrogens (tertiary/aromatic N) is 1. The van der Waals surface area contributed by atoms with Gasteiger partial charge in [-0.2, -0.15) is 0 Å². The van der Waals surface area contributed by atoms with E-state index in [1.807, 2.05) is 21.1 Å². The number of allylic oxidation sites excluding steroid dienone is 2. The highest BCUT2D eigenvalue weighted by molar-refractivity contribution is 7.37. The lowest BCUT2D eigenvalue weighted by Crippen LogP contribution is -2.44. The minimum absolute atomic E-state index is 0.278. The van der Waals surface area contributed by atoms with E-state index in [0.29, 0.717) is 4.48 Å². The maximum absolute atomic E-state index is 11.4. The van der Waals surface area contributed by atoms with Crippen LogP contribution in [0.5, 0.6) is 0 Å². The largest absolute Gasteiger partial charge is 0.591 e. The molecule has 0 saturated carbocycles. The molecule has 0 aromatic carbocycles. The quantitative estimate of drug-likeness (QED) is 0.0735. The lowest BCUT2D eigenvalue weighted by molar-refractivity contribution is -0.883. The van der Waals surface area contributed by atoms with E-state index >= 15 is 0 Å². The van der Waals surface area contributed by atoms with Gasteiger partial charge in [-0.25, -0.2) is 0 Å². The summed E-state index contributed by atoms with van der Waals surface area (Å²) in [5.74, 6) is -0.278. The van der Waals surface area contributed by atoms with Crippen molar-refractivity contribution in [2.24, 2.45) is 0 Å². The van der Waals surface area contributed by atoms with Gasteiger partial charge in [-0.1, -0.05) is 120 Å². The van der Waals surface area contributed by atoms with E-state index in [2.05, 4.69) is 19.1 Å². The zero-order chi connectivity index (χ0) is 22.5. The summed E-state index contributed by atoms with van der Waals surface area (Å²) < 4.78 is 11.9. The maximum Gasteiger partial charge on any atom is 0.373 e. The number of unbranched alkanes of at least 4 members (excludes halogenated alkanes) is 16. The zero-order valence-corrected chi connectivity index (χ0v) is 21.8. The Morgan fingerprint density at radius 2 is 1.03 bits per heavy atom. The molecule has 0 aliphatic rings. The first-order valence-electron chi connectivity index (χ1n) is 13.0. The Kier molecular flexibility index (Phi) is 20.5. The van der Waals surface area contributed by atoms with E-state index in [-0.39, 0.29) is 5.78 Å². The monoisotopic (exact) mass is 442 g/mol. The minimum atomic E-state index is -2.36. The van der Waals surface area contributed by atoms with Crippen LogP contribution < -0.4 is 4.89 Å². The Hall–Kier alpha value is -0.240. The van der Waals surface area contributed by atoms with Crippen LogP contribution in [0.2, 0.25) is 0 Å². The standard InChI is InChI=1S/C26H53NO2P/c1-5-6-7-8-9-10-11-12-13-14-15-16-17-18-19-20-21-22-23-24-25-26(30(28)29)27(2,3)4/h22-23,26H,5-21,24-25H2,1-4H3/q+1/b23-22-. The van der Waals surface area contributed by atoms with Gasteiger partial charge in [0, 0.05) is 0 Å². The Labute approximate surface area is 190 Å². The molecule has 2 atom stereocenters. The van der Waals surface area contributed by atoms with Crippen molar-refractivity contribution >= 4 is 8.03 Å². The second-order valence-corrected chi connectivity index (χ2v) is 11.2. The third-order valence-electron chi connectivity index (χ3n) is 6.12. The fourth-order valence-corrected chi connectivity index (χ4v) is 4.99. The molecule has 178 valence electrons. The van der Waals surface area contributed by atoms with Crippen molar-refractivity contribution < 1.29 is 13.9 Å². The van der Waals surface area contributed by atoms with Crippen LogP contribution in [0.1, 0.15) is 129 Å². The van der Waals surface area contributed by atoms with Crippen molar-refractivity contribution in [2.75, 3.05) is 21.1 Å². The van der Waals surface area contributed by atoms with Crippen LogP contribution >= 0.6 is 8.03 Å². The second-order valence-electron chi connectivity index (χ2n) is 10.0. The van der Waals surface area contributed by atoms with Crippen molar-refractivity contribution in [3.05, 3.63) is 12.2 Å². The Balaban J connectivity index is 3.33. The second kappa shape index (κ2) is 20.7. The van der Waals surface area contributed by atoms with Crippen LogP contribution in [0, 0.1) is 0 Å². The van der Waals surface area contributed by atoms with E-state index in [4.69, 9.17) is 0 Å². The van der Waals surface area contributed by atoms with Crippen LogP contribution in [0.25, 0.3) is 0 Å². The summed E-state index contributed by atoms with van der Waals surface area (Å²) >= 11 is 0. The highest BCUT2D eigenvalue weighted by Gasteiger charge is 2.34. The molecule has 30 heavy (non-hydrogen) atoms. The molecule has 0 rings (SSSR count). The average molecular weight is 443 g/mol. The summed E-state index contributed by atoms with van der Waals surface area (Å²) in [4.78, 5) is 11.4. The summed E-state index contributed by atoms with van der Waals surface area (Å²) in [5.41, 5.74) is 0. The fourth-order valence-electron chi connectivity index (χ4n) is 4.07. The third-order valence-corrected chi connectivity index (χ3v) is 7.56. The van der Waals surface area contributed by atoms with Gasteiger partial charge in [0.25, 0.3) is 5.78 Å². The number of quaternary nitrogens is 1. The van der Waals surface area contributed by atoms with E-state index in [1.165, 1.54) is 103 Å². The van der Waals surface area contributed by atoms with Crippen LogP contribution in [0.3, 0.4) is 0 Å². The van der Waals surface area contributed by atoms with E-state index in [0.717, 1.165) is 19.3 Å². The maximum atomic E-state index is 11.4. The molecular weight excluding hydrogens is 389 g/mol. The highest BCUT2D eigenvalue weighted by atomic mass is 31.1. The number of hydrogen-bond acceptors (Lipinski definition) is 2. The molecule has 0 N–H and O–H groups in total. The third kappa shape index (κ3) is 19.7. The van der Waals surface area contributed by atoms with Gasteiger partial charge in [0.05, 0.1) is 27.6 Å². The van der Waals surface area contributed by atoms with Gasteiger partial charge in [-0.3, -0.25) is 4.48 Å². The van der Waals surface area contributed by atoms with Gasteiger partial charge in [0.2, 0.25) is 0 Å². The Morgan fingerprint density at radius 1 is 0.667 bits per heavy atom. The molecule has 0 aromatic rings. The van der Waals surface area contributed by atoms with E-state index in [1.54, 1.807) is 0 Å². The van der Waals surface area contributed by atoms with Crippen LogP contribution in [-0.4, -0.2) is 31.4 Å². The topological polar surface area (TPSA) is 40.1 Å². The molecule has 0 saturated heterocycles. The zero-order valence-electron chi connectivity index (χ0n) is 20.9. The molecule has 0 radical (unpaired) electrons. The molecule has 0 heterocycles. The summed E-state index contributed by atoms with van der Waals surface area (Å²) in [5, 5.41) is 0. The van der Waals surface area contributed by atoms with Crippen molar-refractivity contribution in [2.45, 2.75) is 135 Å². The van der Waals surface area contributed by atoms with E-state index < -0.39 is 8.03 Å². The first-order chi connectivity index (χ1) is 14.4. The van der Waals surface area contributed by atoms with Crippen molar-refractivity contribution in [1.82, 2.24) is 0 Å². The van der Waals surface area contributed by atoms with Gasteiger partial charge in [-0.05, 0) is 19.3 Å². The van der Waals surface area contributed by atoms with Crippen LogP contribution in [-0.2, 0) is 4.57 Å². The van der Waals surface area contributed by atoms with Crippen molar-refractivity contribution in [3.8, 4) is 0 Å². The van der Waals surface area contributed by atoms with Crippen LogP contribution in [0.15, 0.2) is 12.2 Å². The smallest absolute Gasteiger partial charge is 0.373 e. The van der Waals surface area contributed by atoms with Gasteiger partial charge in [0.1, 0.15) is 0 Å². The molecule has 0 aliphatic carbocycles. The van der Waals surface area contributed by atoms with Crippen molar-refractivity contribution in [3.63, 3.8) is 0 Å². The first kappa shape index (κ1) is 29.8. The van der Waals surface area contributed by atoms with Gasteiger partial charge < -0.3 is 4.89 Å². The lowest BCUT2D eigenvalue weighted by Gasteiger charge is -2.27. The molecule has 0 aromatic heterocycles. The molecule has 0 bridgehead atoms. The Morgan fingerprint density at radius 3 is 1.40 bits per heavy atom. The summed E-state index contributed by atoms with van der Waals surface area (Å²) in [6, 6.07) is 0. The van der Waals surface area contributed by atoms with Gasteiger partial charge >= 0.3 is 8.03 Å². The molecule has 2 unspecified atom stereocenters.